The zero-order valence-corrected chi connectivity index (χ0v) is 9.68. The molecule has 0 aromatic carbocycles. The third kappa shape index (κ3) is 10.2. The summed E-state index contributed by atoms with van der Waals surface area (Å²) >= 11 is 0. The molecule has 0 amide bonds. The van der Waals surface area contributed by atoms with Gasteiger partial charge in [0.05, 0.1) is 0 Å². The van der Waals surface area contributed by atoms with Crippen LogP contribution in [0.1, 0.15) is 25.7 Å². The first-order valence-corrected chi connectivity index (χ1v) is 6.66. The molecule has 0 aliphatic heterocycles. The van der Waals surface area contributed by atoms with Gasteiger partial charge in [-0.15, -0.1) is 6.58 Å². The lowest BCUT2D eigenvalue weighted by atomic mass is 9.96. The molecule has 0 aromatic rings. The molecule has 0 aliphatic rings. The Bertz CT molecular complexity index is 259. The molecule has 3 nitrogen and oxygen atoms in total. The van der Waals surface area contributed by atoms with Crippen molar-refractivity contribution in [2.24, 2.45) is 5.92 Å². The van der Waals surface area contributed by atoms with Gasteiger partial charge in [-0.1, -0.05) is 6.08 Å². The smallest absolute Gasteiger partial charge is 0.324 e. The molecule has 0 spiro atoms. The van der Waals surface area contributed by atoms with Crippen molar-refractivity contribution < 1.29 is 27.5 Å². The summed E-state index contributed by atoms with van der Waals surface area (Å²) in [5.74, 6) is -0.635. The van der Waals surface area contributed by atoms with Crippen molar-refractivity contribution >= 4 is 7.60 Å². The van der Waals surface area contributed by atoms with Crippen LogP contribution in [-0.4, -0.2) is 22.1 Å². The molecule has 96 valence electrons. The van der Waals surface area contributed by atoms with E-state index in [0.717, 1.165) is 0 Å². The molecule has 0 radical (unpaired) electrons. The van der Waals surface area contributed by atoms with Gasteiger partial charge in [0.2, 0.25) is 0 Å². The summed E-state index contributed by atoms with van der Waals surface area (Å²) in [5.41, 5.74) is 0. The maximum Gasteiger partial charge on any atom is 0.389 e. The highest BCUT2D eigenvalue weighted by molar-refractivity contribution is 7.51. The van der Waals surface area contributed by atoms with Crippen LogP contribution >= 0.6 is 7.60 Å². The Balaban J connectivity index is 4.04. The van der Waals surface area contributed by atoms with Crippen LogP contribution in [0.3, 0.4) is 0 Å². The van der Waals surface area contributed by atoms with Gasteiger partial charge in [-0.2, -0.15) is 13.2 Å². The maximum absolute atomic E-state index is 12.1. The van der Waals surface area contributed by atoms with Gasteiger partial charge >= 0.3 is 13.8 Å². The van der Waals surface area contributed by atoms with E-state index in [2.05, 4.69) is 6.58 Å². The fourth-order valence-electron chi connectivity index (χ4n) is 1.45. The average Bonchev–Trinajstić information content (AvgIpc) is 1.98. The molecule has 0 heterocycles. The van der Waals surface area contributed by atoms with Crippen LogP contribution in [0.4, 0.5) is 13.2 Å². The number of hydrogen-bond acceptors (Lipinski definition) is 1. The van der Waals surface area contributed by atoms with Gasteiger partial charge in [-0.3, -0.25) is 4.57 Å². The fraction of sp³-hybridized carbons (Fsp3) is 0.778. The molecule has 0 aliphatic carbocycles. The van der Waals surface area contributed by atoms with Gasteiger partial charge in [-0.25, -0.2) is 0 Å². The van der Waals surface area contributed by atoms with Crippen molar-refractivity contribution in [1.29, 1.82) is 0 Å². The minimum absolute atomic E-state index is 0.0961. The first kappa shape index (κ1) is 15.7. The summed E-state index contributed by atoms with van der Waals surface area (Å²) in [6.45, 7) is 3.37. The highest BCUT2D eigenvalue weighted by Crippen LogP contribution is 2.37. The third-order valence-electron chi connectivity index (χ3n) is 2.08. The van der Waals surface area contributed by atoms with Crippen LogP contribution in [0.15, 0.2) is 12.7 Å². The predicted molar refractivity (Wildman–Crippen MR) is 55.1 cm³/mol. The quantitative estimate of drug-likeness (QED) is 0.546. The number of hydrogen-bond donors (Lipinski definition) is 2. The minimum Gasteiger partial charge on any atom is -0.324 e. The van der Waals surface area contributed by atoms with E-state index in [0.29, 0.717) is 0 Å². The predicted octanol–water partition coefficient (Wildman–Crippen LogP) is 3.09. The Morgan fingerprint density at radius 2 is 1.94 bits per heavy atom. The first-order chi connectivity index (χ1) is 7.14. The van der Waals surface area contributed by atoms with Crippen LogP contribution in [0.2, 0.25) is 0 Å². The molecular weight excluding hydrogens is 244 g/mol. The lowest BCUT2D eigenvalue weighted by molar-refractivity contribution is -0.144. The highest BCUT2D eigenvalue weighted by Gasteiger charge is 2.31. The van der Waals surface area contributed by atoms with Gasteiger partial charge in [0, 0.05) is 12.6 Å². The summed E-state index contributed by atoms with van der Waals surface area (Å²) < 4.78 is 46.8. The second kappa shape index (κ2) is 6.42. The molecular formula is C9H16F3O3P. The van der Waals surface area contributed by atoms with E-state index in [1.165, 1.54) is 6.08 Å². The topological polar surface area (TPSA) is 57.5 Å². The zero-order chi connectivity index (χ0) is 12.8. The molecule has 0 rings (SSSR count). The molecule has 0 saturated heterocycles. The second-order valence-electron chi connectivity index (χ2n) is 3.74. The molecule has 1 atom stereocenters. The number of alkyl halides is 3. The van der Waals surface area contributed by atoms with Crippen molar-refractivity contribution in [3.63, 3.8) is 0 Å². The van der Waals surface area contributed by atoms with Crippen LogP contribution in [-0.2, 0) is 4.57 Å². The fourth-order valence-corrected chi connectivity index (χ4v) is 2.05. The number of rotatable bonds is 7. The van der Waals surface area contributed by atoms with E-state index in [-0.39, 0.29) is 25.4 Å². The Morgan fingerprint density at radius 1 is 1.38 bits per heavy atom. The van der Waals surface area contributed by atoms with Crippen molar-refractivity contribution in [2.45, 2.75) is 31.9 Å². The number of allylic oxidation sites excluding steroid dienone is 1. The summed E-state index contributed by atoms with van der Waals surface area (Å²) in [7, 11) is -4.10. The zero-order valence-electron chi connectivity index (χ0n) is 8.78. The second-order valence-corrected chi connectivity index (χ2v) is 5.52. The van der Waals surface area contributed by atoms with Gasteiger partial charge < -0.3 is 9.79 Å². The SMILES string of the molecule is C=CCC(CCCP(=O)(O)O)CC(F)(F)F. The van der Waals surface area contributed by atoms with Gasteiger partial charge in [-0.05, 0) is 25.2 Å². The van der Waals surface area contributed by atoms with Gasteiger partial charge in [0.1, 0.15) is 0 Å². The normalized spacial score (nSPS) is 14.8. The van der Waals surface area contributed by atoms with Gasteiger partial charge in [0.25, 0.3) is 0 Å². The Labute approximate surface area is 92.5 Å². The minimum atomic E-state index is -4.24. The summed E-state index contributed by atoms with van der Waals surface area (Å²) in [4.78, 5) is 17.1. The van der Waals surface area contributed by atoms with Crippen LogP contribution in [0.5, 0.6) is 0 Å². The van der Waals surface area contributed by atoms with E-state index >= 15 is 0 Å². The van der Waals surface area contributed by atoms with E-state index in [1.807, 2.05) is 0 Å². The summed E-state index contributed by atoms with van der Waals surface area (Å²) in [6.07, 6.45) is -3.68. The van der Waals surface area contributed by atoms with E-state index in [4.69, 9.17) is 9.79 Å². The molecule has 0 bridgehead atoms. The summed E-state index contributed by atoms with van der Waals surface area (Å²) in [6, 6.07) is 0. The molecule has 0 fully saturated rings. The summed E-state index contributed by atoms with van der Waals surface area (Å²) in [5, 5.41) is 0. The van der Waals surface area contributed by atoms with Gasteiger partial charge in [0.15, 0.2) is 0 Å². The third-order valence-corrected chi connectivity index (χ3v) is 2.98. The Morgan fingerprint density at radius 3 is 2.31 bits per heavy atom. The molecule has 0 aromatic heterocycles. The van der Waals surface area contributed by atoms with E-state index in [9.17, 15) is 17.7 Å². The number of halogens is 3. The molecule has 0 saturated carbocycles. The Hall–Kier alpha value is -0.320. The van der Waals surface area contributed by atoms with Crippen molar-refractivity contribution in [1.82, 2.24) is 0 Å². The lowest BCUT2D eigenvalue weighted by Crippen LogP contribution is -2.15. The van der Waals surface area contributed by atoms with Crippen molar-refractivity contribution in [2.75, 3.05) is 6.16 Å². The van der Waals surface area contributed by atoms with E-state index < -0.39 is 26.1 Å². The van der Waals surface area contributed by atoms with Crippen LogP contribution < -0.4 is 0 Å². The first-order valence-electron chi connectivity index (χ1n) is 4.86. The Kier molecular flexibility index (Phi) is 6.30. The standard InChI is InChI=1S/C9H16F3O3P/c1-2-4-8(7-9(10,11)12)5-3-6-16(13,14)15/h2,8H,1,3-7H2,(H2,13,14,15). The molecule has 7 heteroatoms. The largest absolute Gasteiger partial charge is 0.389 e. The van der Waals surface area contributed by atoms with Crippen LogP contribution in [0.25, 0.3) is 0 Å². The average molecular weight is 260 g/mol. The monoisotopic (exact) mass is 260 g/mol. The maximum atomic E-state index is 12.1. The van der Waals surface area contributed by atoms with Crippen LogP contribution in [0, 0.1) is 5.92 Å². The van der Waals surface area contributed by atoms with E-state index in [1.54, 1.807) is 0 Å². The van der Waals surface area contributed by atoms with Crippen molar-refractivity contribution in [3.05, 3.63) is 12.7 Å². The highest BCUT2D eigenvalue weighted by atomic mass is 31.2. The molecule has 16 heavy (non-hydrogen) atoms. The molecule has 1 unspecified atom stereocenters. The molecule has 2 N–H and O–H groups in total. The van der Waals surface area contributed by atoms with Crippen molar-refractivity contribution in [3.8, 4) is 0 Å². The lowest BCUT2D eigenvalue weighted by Gasteiger charge is -2.17.